The average Bonchev–Trinajstić information content (AvgIpc) is 2.12. The van der Waals surface area contributed by atoms with E-state index in [-0.39, 0.29) is 13.0 Å². The van der Waals surface area contributed by atoms with Gasteiger partial charge in [0.1, 0.15) is 0 Å². The Bertz CT molecular complexity index is 187. The molecule has 0 radical (unpaired) electrons. The second-order valence-electron chi connectivity index (χ2n) is 2.70. The summed E-state index contributed by atoms with van der Waals surface area (Å²) in [5.41, 5.74) is 4.95. The topological polar surface area (TPSA) is 125 Å². The van der Waals surface area contributed by atoms with Crippen LogP contribution in [0.5, 0.6) is 0 Å². The summed E-state index contributed by atoms with van der Waals surface area (Å²) in [6, 6.07) is 0. The van der Waals surface area contributed by atoms with Gasteiger partial charge in [0.25, 0.3) is 0 Å². The fourth-order valence-electron chi connectivity index (χ4n) is 0.791. The fraction of sp³-hybridized carbons (Fsp3) is 0.833. The molecule has 0 aromatic carbocycles. The number of unbranched alkanes of at least 4 members (excludes halogenated alkanes) is 1. The molecule has 7 nitrogen and oxygen atoms in total. The van der Waals surface area contributed by atoms with Gasteiger partial charge in [-0.15, -0.1) is 0 Å². The van der Waals surface area contributed by atoms with Crippen LogP contribution in [0.3, 0.4) is 0 Å². The van der Waals surface area contributed by atoms with Gasteiger partial charge in [0, 0.05) is 0 Å². The molecule has 0 bridgehead atoms. The Balaban J connectivity index is 3.84. The number of carboxylic acids is 1. The Morgan fingerprint density at radius 1 is 1.54 bits per heavy atom. The van der Waals surface area contributed by atoms with Crippen molar-refractivity contribution >= 4 is 5.97 Å². The first-order valence-corrected chi connectivity index (χ1v) is 3.79. The lowest BCUT2D eigenvalue weighted by Crippen LogP contribution is -2.58. The molecule has 1 unspecified atom stereocenters. The number of nitrogens with two attached hydrogens (primary N) is 1. The Kier molecular flexibility index (Phi) is 5.12. The molecule has 7 heteroatoms. The maximum Gasteiger partial charge on any atom is 0.340 e. The summed E-state index contributed by atoms with van der Waals surface area (Å²) in [6.45, 7) is 0.126. The molecule has 1 atom stereocenters. The molecule has 76 valence electrons. The Labute approximate surface area is 74.9 Å². The molecule has 0 aliphatic rings. The number of nitroso groups, excluding NO2 is 1. The summed E-state index contributed by atoms with van der Waals surface area (Å²) in [7, 11) is 0. The zero-order valence-electron chi connectivity index (χ0n) is 7.06. The van der Waals surface area contributed by atoms with Crippen LogP contribution in [0, 0.1) is 4.91 Å². The van der Waals surface area contributed by atoms with Crippen molar-refractivity contribution in [3.8, 4) is 0 Å². The van der Waals surface area contributed by atoms with E-state index in [9.17, 15) is 9.70 Å². The van der Waals surface area contributed by atoms with E-state index < -0.39 is 11.6 Å². The van der Waals surface area contributed by atoms with Crippen LogP contribution in [-0.4, -0.2) is 28.5 Å². The van der Waals surface area contributed by atoms with Gasteiger partial charge in [-0.1, -0.05) is 5.18 Å². The summed E-state index contributed by atoms with van der Waals surface area (Å²) in [5.74, 6) is -1.34. The predicted molar refractivity (Wildman–Crippen MR) is 44.0 cm³/mol. The van der Waals surface area contributed by atoms with Gasteiger partial charge in [-0.25, -0.2) is 4.79 Å². The van der Waals surface area contributed by atoms with Crippen molar-refractivity contribution in [2.24, 2.45) is 10.9 Å². The predicted octanol–water partition coefficient (Wildman–Crippen LogP) is -0.358. The van der Waals surface area contributed by atoms with E-state index in [2.05, 4.69) is 5.18 Å². The monoisotopic (exact) mass is 191 g/mol. The van der Waals surface area contributed by atoms with Crippen molar-refractivity contribution in [1.82, 2.24) is 5.48 Å². The largest absolute Gasteiger partial charge is 0.479 e. The third kappa shape index (κ3) is 3.92. The summed E-state index contributed by atoms with van der Waals surface area (Å²) in [4.78, 5) is 20.2. The number of nitrogens with zero attached hydrogens (tertiary/aromatic N) is 1. The number of hydrogen-bond acceptors (Lipinski definition) is 6. The maximum atomic E-state index is 10.5. The molecule has 0 rings (SSSR count). The number of hydrogen-bond donors (Lipinski definition) is 4. The molecule has 13 heavy (non-hydrogen) atoms. The number of carbonyl (C=O) groups is 1. The number of nitrogens with one attached hydrogen (secondary N) is 1. The van der Waals surface area contributed by atoms with Gasteiger partial charge in [-0.2, -0.15) is 10.4 Å². The van der Waals surface area contributed by atoms with Gasteiger partial charge >= 0.3 is 5.97 Å². The van der Waals surface area contributed by atoms with Gasteiger partial charge < -0.3 is 16.0 Å². The van der Waals surface area contributed by atoms with Crippen molar-refractivity contribution in [3.05, 3.63) is 4.91 Å². The average molecular weight is 191 g/mol. The Morgan fingerprint density at radius 2 is 2.15 bits per heavy atom. The molecule has 0 heterocycles. The second kappa shape index (κ2) is 5.57. The highest BCUT2D eigenvalue weighted by atomic mass is 16.5. The molecule has 0 amide bonds. The first-order valence-electron chi connectivity index (χ1n) is 3.79. The van der Waals surface area contributed by atoms with Crippen LogP contribution < -0.4 is 11.2 Å². The number of carboxylic acid groups (broad SMARTS) is 1. The maximum absolute atomic E-state index is 10.5. The zero-order chi connectivity index (χ0) is 10.3. The van der Waals surface area contributed by atoms with Crippen molar-refractivity contribution in [2.75, 3.05) is 6.54 Å². The van der Waals surface area contributed by atoms with E-state index in [0.29, 0.717) is 12.8 Å². The number of hydroxylamine groups is 1. The highest BCUT2D eigenvalue weighted by Gasteiger charge is 2.32. The quantitative estimate of drug-likeness (QED) is 0.188. The highest BCUT2D eigenvalue weighted by molar-refractivity contribution is 5.77. The third-order valence-electron chi connectivity index (χ3n) is 1.65. The molecule has 0 fully saturated rings. The minimum atomic E-state index is -1.83. The molecule has 0 aromatic heterocycles. The summed E-state index contributed by atoms with van der Waals surface area (Å²) < 4.78 is 0. The van der Waals surface area contributed by atoms with Crippen LogP contribution in [0.1, 0.15) is 19.3 Å². The molecule has 0 aliphatic carbocycles. The standard InChI is InChI=1S/C6H13N3O4/c7-6(9-13,5(10)11)3-1-2-4-8-12/h9,13H,1-4,7H2,(H,10,11). The van der Waals surface area contributed by atoms with Crippen molar-refractivity contribution in [2.45, 2.75) is 24.9 Å². The van der Waals surface area contributed by atoms with Crippen LogP contribution in [0.2, 0.25) is 0 Å². The molecular formula is C6H13N3O4. The lowest BCUT2D eigenvalue weighted by molar-refractivity contribution is -0.150. The van der Waals surface area contributed by atoms with Gasteiger partial charge in [-0.05, 0) is 19.3 Å². The SMILES string of the molecule is NC(CCCCN=O)(NO)C(=O)O. The molecule has 5 N–H and O–H groups in total. The summed E-state index contributed by atoms with van der Waals surface area (Å²) >= 11 is 0. The lowest BCUT2D eigenvalue weighted by Gasteiger charge is -2.21. The van der Waals surface area contributed by atoms with Crippen LogP contribution in [0.15, 0.2) is 5.18 Å². The first-order chi connectivity index (χ1) is 6.06. The van der Waals surface area contributed by atoms with Crippen LogP contribution >= 0.6 is 0 Å². The zero-order valence-corrected chi connectivity index (χ0v) is 7.06. The van der Waals surface area contributed by atoms with Crippen LogP contribution in [-0.2, 0) is 4.79 Å². The lowest BCUT2D eigenvalue weighted by atomic mass is 10.0. The van der Waals surface area contributed by atoms with E-state index in [1.165, 1.54) is 5.48 Å². The molecule has 0 aromatic rings. The van der Waals surface area contributed by atoms with E-state index in [4.69, 9.17) is 16.0 Å². The van der Waals surface area contributed by atoms with E-state index in [1.807, 2.05) is 0 Å². The van der Waals surface area contributed by atoms with Crippen molar-refractivity contribution in [1.29, 1.82) is 0 Å². The third-order valence-corrected chi connectivity index (χ3v) is 1.65. The Morgan fingerprint density at radius 3 is 2.54 bits per heavy atom. The second-order valence-corrected chi connectivity index (χ2v) is 2.70. The van der Waals surface area contributed by atoms with E-state index in [1.54, 1.807) is 0 Å². The summed E-state index contributed by atoms with van der Waals surface area (Å²) in [5, 5.41) is 19.6. The minimum absolute atomic E-state index is 0.0361. The van der Waals surface area contributed by atoms with Crippen LogP contribution in [0.4, 0.5) is 0 Å². The fourth-order valence-corrected chi connectivity index (χ4v) is 0.791. The van der Waals surface area contributed by atoms with Gasteiger partial charge in [0.15, 0.2) is 5.66 Å². The summed E-state index contributed by atoms with van der Waals surface area (Å²) in [6.07, 6.45) is 0.897. The van der Waals surface area contributed by atoms with Gasteiger partial charge in [0.05, 0.1) is 6.54 Å². The van der Waals surface area contributed by atoms with Crippen LogP contribution in [0.25, 0.3) is 0 Å². The smallest absolute Gasteiger partial charge is 0.340 e. The number of aliphatic carboxylic acids is 1. The van der Waals surface area contributed by atoms with E-state index in [0.717, 1.165) is 0 Å². The van der Waals surface area contributed by atoms with Gasteiger partial charge in [0.2, 0.25) is 0 Å². The highest BCUT2D eigenvalue weighted by Crippen LogP contribution is 2.07. The molecule has 0 aliphatic heterocycles. The molecule has 0 spiro atoms. The Hall–Kier alpha value is -1.05. The normalized spacial score (nSPS) is 14.9. The molecule has 0 saturated carbocycles. The minimum Gasteiger partial charge on any atom is -0.479 e. The van der Waals surface area contributed by atoms with Crippen molar-refractivity contribution < 1.29 is 15.1 Å². The first kappa shape index (κ1) is 11.9. The van der Waals surface area contributed by atoms with Gasteiger partial charge in [-0.3, -0.25) is 0 Å². The molecular weight excluding hydrogens is 178 g/mol. The van der Waals surface area contributed by atoms with Crippen molar-refractivity contribution in [3.63, 3.8) is 0 Å². The van der Waals surface area contributed by atoms with E-state index >= 15 is 0 Å². The number of rotatable bonds is 7. The molecule has 0 saturated heterocycles.